The quantitative estimate of drug-likeness (QED) is 0.870. The van der Waals surface area contributed by atoms with E-state index >= 15 is 0 Å². The molecule has 0 amide bonds. The van der Waals surface area contributed by atoms with Gasteiger partial charge in [0, 0.05) is 24.5 Å². The third-order valence-corrected chi connectivity index (χ3v) is 2.73. The summed E-state index contributed by atoms with van der Waals surface area (Å²) in [6.45, 7) is 5.11. The summed E-state index contributed by atoms with van der Waals surface area (Å²) in [6.07, 6.45) is 3.83. The summed E-state index contributed by atoms with van der Waals surface area (Å²) in [7, 11) is 1.95. The summed E-state index contributed by atoms with van der Waals surface area (Å²) in [4.78, 5) is 4.30. The number of nitrogens with zero attached hydrogens (tertiary/aromatic N) is 1. The van der Waals surface area contributed by atoms with Crippen LogP contribution in [0.25, 0.3) is 11.1 Å². The first kappa shape index (κ1) is 11.8. The number of aryl methyl sites for hydroxylation is 2. The monoisotopic (exact) mass is 226 g/mol. The van der Waals surface area contributed by atoms with Crippen molar-refractivity contribution < 1.29 is 0 Å². The molecule has 1 N–H and O–H groups in total. The number of hydrogen-bond acceptors (Lipinski definition) is 2. The fourth-order valence-corrected chi connectivity index (χ4v) is 2.09. The molecule has 2 nitrogen and oxygen atoms in total. The normalized spacial score (nSPS) is 10.5. The number of aromatic nitrogens is 1. The van der Waals surface area contributed by atoms with E-state index in [1.54, 1.807) is 0 Å². The second kappa shape index (κ2) is 5.11. The Kier molecular flexibility index (Phi) is 3.55. The molecule has 0 radical (unpaired) electrons. The Morgan fingerprint density at radius 3 is 2.29 bits per heavy atom. The molecule has 1 aromatic carbocycles. The molecule has 17 heavy (non-hydrogen) atoms. The predicted octanol–water partition coefficient (Wildman–Crippen LogP) is 3.08. The minimum atomic E-state index is 0.853. The lowest BCUT2D eigenvalue weighted by Crippen LogP contribution is -2.05. The molecule has 88 valence electrons. The lowest BCUT2D eigenvalue weighted by Gasteiger charge is -2.07. The van der Waals surface area contributed by atoms with Gasteiger partial charge in [0.25, 0.3) is 0 Å². The van der Waals surface area contributed by atoms with Crippen LogP contribution in [0.2, 0.25) is 0 Å². The maximum atomic E-state index is 4.30. The van der Waals surface area contributed by atoms with Crippen LogP contribution in [0, 0.1) is 13.8 Å². The first-order chi connectivity index (χ1) is 8.19. The zero-order valence-corrected chi connectivity index (χ0v) is 10.6. The van der Waals surface area contributed by atoms with Gasteiger partial charge in [0.2, 0.25) is 0 Å². The molecule has 1 aromatic heterocycles. The molecule has 0 fully saturated rings. The zero-order chi connectivity index (χ0) is 12.3. The summed E-state index contributed by atoms with van der Waals surface area (Å²) in [5.41, 5.74) is 6.22. The van der Waals surface area contributed by atoms with Gasteiger partial charge in [-0.15, -0.1) is 0 Å². The minimum absolute atomic E-state index is 0.853. The SMILES string of the molecule is CNCc1cncc(-c2cc(C)cc(C)c2)c1. The van der Waals surface area contributed by atoms with E-state index in [1.807, 2.05) is 19.4 Å². The smallest absolute Gasteiger partial charge is 0.0346 e. The van der Waals surface area contributed by atoms with Crippen LogP contribution in [-0.2, 0) is 6.54 Å². The molecular weight excluding hydrogens is 208 g/mol. The highest BCUT2D eigenvalue weighted by molar-refractivity contribution is 5.64. The van der Waals surface area contributed by atoms with E-state index in [1.165, 1.54) is 27.8 Å². The van der Waals surface area contributed by atoms with Crippen LogP contribution in [0.5, 0.6) is 0 Å². The van der Waals surface area contributed by atoms with E-state index in [9.17, 15) is 0 Å². The molecule has 2 rings (SSSR count). The first-order valence-corrected chi connectivity index (χ1v) is 5.86. The third kappa shape index (κ3) is 2.92. The van der Waals surface area contributed by atoms with E-state index in [0.717, 1.165) is 6.54 Å². The summed E-state index contributed by atoms with van der Waals surface area (Å²) >= 11 is 0. The van der Waals surface area contributed by atoms with Crippen molar-refractivity contribution >= 4 is 0 Å². The molecule has 0 spiro atoms. The summed E-state index contributed by atoms with van der Waals surface area (Å²) in [5.74, 6) is 0. The lowest BCUT2D eigenvalue weighted by molar-refractivity contribution is 0.813. The average Bonchev–Trinajstić information content (AvgIpc) is 2.28. The third-order valence-electron chi connectivity index (χ3n) is 2.73. The van der Waals surface area contributed by atoms with Gasteiger partial charge >= 0.3 is 0 Å². The van der Waals surface area contributed by atoms with Gasteiger partial charge in [-0.05, 0) is 38.1 Å². The summed E-state index contributed by atoms with van der Waals surface area (Å²) in [5, 5.41) is 3.15. The molecule has 0 unspecified atom stereocenters. The summed E-state index contributed by atoms with van der Waals surface area (Å²) in [6, 6.07) is 8.78. The first-order valence-electron chi connectivity index (χ1n) is 5.86. The standard InChI is InChI=1S/C15H18N2/c1-11-4-12(2)6-14(5-11)15-7-13(8-16-3)9-17-10-15/h4-7,9-10,16H,8H2,1-3H3. The second-order valence-corrected chi connectivity index (χ2v) is 4.49. The number of pyridine rings is 1. The highest BCUT2D eigenvalue weighted by Gasteiger charge is 2.01. The van der Waals surface area contributed by atoms with Crippen LogP contribution in [0.4, 0.5) is 0 Å². The Hall–Kier alpha value is -1.67. The minimum Gasteiger partial charge on any atom is -0.316 e. The molecule has 0 aliphatic rings. The van der Waals surface area contributed by atoms with E-state index in [2.05, 4.69) is 48.4 Å². The van der Waals surface area contributed by atoms with E-state index in [0.29, 0.717) is 0 Å². The fraction of sp³-hybridized carbons (Fsp3) is 0.267. The zero-order valence-electron chi connectivity index (χ0n) is 10.6. The Morgan fingerprint density at radius 2 is 1.65 bits per heavy atom. The van der Waals surface area contributed by atoms with Crippen LogP contribution >= 0.6 is 0 Å². The van der Waals surface area contributed by atoms with Crippen molar-refractivity contribution in [2.45, 2.75) is 20.4 Å². The largest absolute Gasteiger partial charge is 0.316 e. The van der Waals surface area contributed by atoms with Gasteiger partial charge in [-0.3, -0.25) is 4.98 Å². The Labute approximate surface area is 103 Å². The van der Waals surface area contributed by atoms with Gasteiger partial charge in [0.15, 0.2) is 0 Å². The van der Waals surface area contributed by atoms with Gasteiger partial charge in [-0.1, -0.05) is 29.3 Å². The van der Waals surface area contributed by atoms with Gasteiger partial charge in [-0.2, -0.15) is 0 Å². The number of hydrogen-bond donors (Lipinski definition) is 1. The van der Waals surface area contributed by atoms with Gasteiger partial charge in [0.1, 0.15) is 0 Å². The molecule has 0 aliphatic carbocycles. The van der Waals surface area contributed by atoms with Crippen molar-refractivity contribution in [1.29, 1.82) is 0 Å². The van der Waals surface area contributed by atoms with Gasteiger partial charge < -0.3 is 5.32 Å². The van der Waals surface area contributed by atoms with Crippen LogP contribution in [0.1, 0.15) is 16.7 Å². The lowest BCUT2D eigenvalue weighted by atomic mass is 10.0. The molecule has 0 bridgehead atoms. The van der Waals surface area contributed by atoms with Crippen LogP contribution in [0.3, 0.4) is 0 Å². The van der Waals surface area contributed by atoms with Crippen molar-refractivity contribution in [1.82, 2.24) is 10.3 Å². The number of nitrogens with one attached hydrogen (secondary N) is 1. The van der Waals surface area contributed by atoms with Gasteiger partial charge in [-0.25, -0.2) is 0 Å². The van der Waals surface area contributed by atoms with Gasteiger partial charge in [0.05, 0.1) is 0 Å². The van der Waals surface area contributed by atoms with Crippen molar-refractivity contribution in [3.63, 3.8) is 0 Å². The summed E-state index contributed by atoms with van der Waals surface area (Å²) < 4.78 is 0. The molecule has 0 atom stereocenters. The highest BCUT2D eigenvalue weighted by Crippen LogP contribution is 2.22. The van der Waals surface area contributed by atoms with Crippen molar-refractivity contribution in [2.24, 2.45) is 0 Å². The Morgan fingerprint density at radius 1 is 0.941 bits per heavy atom. The maximum absolute atomic E-state index is 4.30. The number of rotatable bonds is 3. The van der Waals surface area contributed by atoms with Crippen LogP contribution < -0.4 is 5.32 Å². The molecule has 0 saturated heterocycles. The molecule has 0 aliphatic heterocycles. The molecule has 2 aromatic rings. The van der Waals surface area contributed by atoms with Crippen LogP contribution in [0.15, 0.2) is 36.7 Å². The fourth-order valence-electron chi connectivity index (χ4n) is 2.09. The molecular formula is C15H18N2. The number of benzene rings is 1. The molecule has 0 saturated carbocycles. The topological polar surface area (TPSA) is 24.9 Å². The van der Waals surface area contributed by atoms with Crippen molar-refractivity contribution in [3.8, 4) is 11.1 Å². The van der Waals surface area contributed by atoms with Crippen molar-refractivity contribution in [3.05, 3.63) is 53.3 Å². The molecule has 1 heterocycles. The van der Waals surface area contributed by atoms with E-state index in [4.69, 9.17) is 0 Å². The molecule has 2 heteroatoms. The second-order valence-electron chi connectivity index (χ2n) is 4.49. The Balaban J connectivity index is 2.41. The Bertz CT molecular complexity index is 498. The van der Waals surface area contributed by atoms with Crippen LogP contribution in [-0.4, -0.2) is 12.0 Å². The van der Waals surface area contributed by atoms with E-state index in [-0.39, 0.29) is 0 Å². The highest BCUT2D eigenvalue weighted by atomic mass is 14.8. The average molecular weight is 226 g/mol. The van der Waals surface area contributed by atoms with E-state index < -0.39 is 0 Å². The van der Waals surface area contributed by atoms with Crippen molar-refractivity contribution in [2.75, 3.05) is 7.05 Å². The maximum Gasteiger partial charge on any atom is 0.0346 e. The predicted molar refractivity (Wildman–Crippen MR) is 71.9 cm³/mol.